The fraction of sp³-hybridized carbons (Fsp3) is 0.571. The largest absolute Gasteiger partial charge is 0.349 e. The van der Waals surface area contributed by atoms with Crippen LogP contribution in [-0.2, 0) is 0 Å². The lowest BCUT2D eigenvalue weighted by Crippen LogP contribution is -2.34. The first-order valence-electron chi connectivity index (χ1n) is 6.58. The van der Waals surface area contributed by atoms with Crippen LogP contribution in [-0.4, -0.2) is 16.9 Å². The first kappa shape index (κ1) is 13.5. The molecular formula is C14H19BrN2O. The monoisotopic (exact) mass is 310 g/mol. The molecule has 1 fully saturated rings. The summed E-state index contributed by atoms with van der Waals surface area (Å²) in [6, 6.07) is 3.90. The first-order valence-corrected chi connectivity index (χ1v) is 7.37. The molecule has 18 heavy (non-hydrogen) atoms. The minimum atomic E-state index is -0.0190. The maximum Gasteiger partial charge on any atom is 0.254 e. The van der Waals surface area contributed by atoms with E-state index in [9.17, 15) is 4.79 Å². The van der Waals surface area contributed by atoms with Crippen molar-refractivity contribution in [2.24, 2.45) is 5.92 Å². The predicted octanol–water partition coefficient (Wildman–Crippen LogP) is 3.54. The van der Waals surface area contributed by atoms with Crippen LogP contribution in [0.25, 0.3) is 0 Å². The smallest absolute Gasteiger partial charge is 0.254 e. The van der Waals surface area contributed by atoms with Gasteiger partial charge in [-0.15, -0.1) is 0 Å². The number of hydrogen-bond donors (Lipinski definition) is 1. The lowest BCUT2D eigenvalue weighted by atomic mass is 10.0. The van der Waals surface area contributed by atoms with Gasteiger partial charge in [0.05, 0.1) is 5.56 Å². The van der Waals surface area contributed by atoms with Crippen LogP contribution in [0.3, 0.4) is 0 Å². The second kappa shape index (κ2) is 6.32. The molecule has 0 spiro atoms. The van der Waals surface area contributed by atoms with Crippen molar-refractivity contribution in [3.8, 4) is 0 Å². The molecule has 1 heterocycles. The van der Waals surface area contributed by atoms with Crippen molar-refractivity contribution < 1.29 is 4.79 Å². The van der Waals surface area contributed by atoms with Crippen molar-refractivity contribution in [2.75, 3.05) is 0 Å². The fourth-order valence-corrected chi connectivity index (χ4v) is 2.88. The van der Waals surface area contributed by atoms with Crippen LogP contribution in [0.2, 0.25) is 0 Å². The van der Waals surface area contributed by atoms with Gasteiger partial charge in [0.2, 0.25) is 0 Å². The summed E-state index contributed by atoms with van der Waals surface area (Å²) in [6.45, 7) is 2.29. The highest BCUT2D eigenvalue weighted by molar-refractivity contribution is 9.10. The summed E-state index contributed by atoms with van der Waals surface area (Å²) in [5.41, 5.74) is 0.620. The molecule has 1 aromatic rings. The third-order valence-corrected chi connectivity index (χ3v) is 4.23. The van der Waals surface area contributed by atoms with Gasteiger partial charge in [-0.2, -0.15) is 0 Å². The average Bonchev–Trinajstić information content (AvgIpc) is 2.55. The van der Waals surface area contributed by atoms with Crippen LogP contribution in [0.1, 0.15) is 49.4 Å². The van der Waals surface area contributed by atoms with Gasteiger partial charge in [0.1, 0.15) is 4.60 Å². The number of amides is 1. The Balaban J connectivity index is 1.97. The molecule has 1 amide bonds. The van der Waals surface area contributed by atoms with Crippen LogP contribution in [0.15, 0.2) is 22.9 Å². The van der Waals surface area contributed by atoms with Crippen molar-refractivity contribution in [2.45, 2.75) is 45.1 Å². The highest BCUT2D eigenvalue weighted by Crippen LogP contribution is 2.23. The molecule has 2 unspecified atom stereocenters. The third-order valence-electron chi connectivity index (χ3n) is 3.60. The van der Waals surface area contributed by atoms with Crippen molar-refractivity contribution in [3.05, 3.63) is 28.5 Å². The van der Waals surface area contributed by atoms with Crippen molar-refractivity contribution in [3.63, 3.8) is 0 Å². The zero-order chi connectivity index (χ0) is 13.0. The maximum absolute atomic E-state index is 12.1. The van der Waals surface area contributed by atoms with Gasteiger partial charge in [0, 0.05) is 12.2 Å². The van der Waals surface area contributed by atoms with E-state index in [2.05, 4.69) is 33.2 Å². The second-order valence-corrected chi connectivity index (χ2v) is 5.88. The molecule has 98 valence electrons. The summed E-state index contributed by atoms with van der Waals surface area (Å²) in [6.07, 6.45) is 7.55. The summed E-state index contributed by atoms with van der Waals surface area (Å²) in [5, 5.41) is 3.13. The molecule has 0 radical (unpaired) electrons. The molecule has 1 N–H and O–H groups in total. The van der Waals surface area contributed by atoms with E-state index in [0.717, 1.165) is 18.8 Å². The molecule has 1 saturated carbocycles. The first-order chi connectivity index (χ1) is 8.66. The average molecular weight is 311 g/mol. The molecule has 1 aliphatic rings. The Bertz CT molecular complexity index is 422. The van der Waals surface area contributed by atoms with Crippen molar-refractivity contribution in [1.29, 1.82) is 0 Å². The van der Waals surface area contributed by atoms with Crippen LogP contribution in [0.4, 0.5) is 0 Å². The van der Waals surface area contributed by atoms with Gasteiger partial charge < -0.3 is 5.32 Å². The molecule has 1 aliphatic carbocycles. The zero-order valence-corrected chi connectivity index (χ0v) is 12.2. The molecular weight excluding hydrogens is 292 g/mol. The standard InChI is InChI=1S/C14H19BrN2O/c1-10-4-2-5-11(8-7-10)17-14(18)12-6-3-9-16-13(12)15/h3,6,9-11H,2,4-5,7-8H2,1H3,(H,17,18). The SMILES string of the molecule is CC1CCCC(NC(=O)c2cccnc2Br)CC1. The van der Waals surface area contributed by atoms with E-state index in [4.69, 9.17) is 0 Å². The van der Waals surface area contributed by atoms with Gasteiger partial charge in [-0.1, -0.05) is 19.8 Å². The Morgan fingerprint density at radius 3 is 3.00 bits per heavy atom. The van der Waals surface area contributed by atoms with Gasteiger partial charge in [0.25, 0.3) is 5.91 Å². The summed E-state index contributed by atoms with van der Waals surface area (Å²) < 4.78 is 0.615. The van der Waals surface area contributed by atoms with Crippen molar-refractivity contribution in [1.82, 2.24) is 10.3 Å². The van der Waals surface area contributed by atoms with Gasteiger partial charge in [0.15, 0.2) is 0 Å². The third kappa shape index (κ3) is 3.55. The number of nitrogens with one attached hydrogen (secondary N) is 1. The number of nitrogens with zero attached hydrogens (tertiary/aromatic N) is 1. The van der Waals surface area contributed by atoms with Gasteiger partial charge in [-0.3, -0.25) is 4.79 Å². The van der Waals surface area contributed by atoms with Crippen LogP contribution >= 0.6 is 15.9 Å². The van der Waals surface area contributed by atoms with Gasteiger partial charge in [-0.25, -0.2) is 4.98 Å². The van der Waals surface area contributed by atoms with E-state index in [1.807, 2.05) is 0 Å². The van der Waals surface area contributed by atoms with Crippen LogP contribution in [0.5, 0.6) is 0 Å². The normalized spacial score (nSPS) is 24.3. The molecule has 4 heteroatoms. The molecule has 1 aromatic heterocycles. The predicted molar refractivity (Wildman–Crippen MR) is 75.4 cm³/mol. The van der Waals surface area contributed by atoms with E-state index < -0.39 is 0 Å². The Labute approximate surface area is 117 Å². The lowest BCUT2D eigenvalue weighted by molar-refractivity contribution is 0.0932. The van der Waals surface area contributed by atoms with E-state index in [-0.39, 0.29) is 5.91 Å². The highest BCUT2D eigenvalue weighted by atomic mass is 79.9. The molecule has 0 aromatic carbocycles. The fourth-order valence-electron chi connectivity index (χ4n) is 2.45. The maximum atomic E-state index is 12.1. The Hall–Kier alpha value is -0.900. The molecule has 2 atom stereocenters. The molecule has 3 nitrogen and oxygen atoms in total. The van der Waals surface area contributed by atoms with E-state index in [0.29, 0.717) is 16.2 Å². The Morgan fingerprint density at radius 1 is 1.39 bits per heavy atom. The zero-order valence-electron chi connectivity index (χ0n) is 10.7. The number of rotatable bonds is 2. The van der Waals surface area contributed by atoms with E-state index in [1.54, 1.807) is 18.3 Å². The summed E-state index contributed by atoms with van der Waals surface area (Å²) in [7, 11) is 0. The highest BCUT2D eigenvalue weighted by Gasteiger charge is 2.19. The van der Waals surface area contributed by atoms with Gasteiger partial charge >= 0.3 is 0 Å². The summed E-state index contributed by atoms with van der Waals surface area (Å²) in [5.74, 6) is 0.770. The number of carbonyl (C=O) groups excluding carboxylic acids is 1. The number of pyridine rings is 1. The number of halogens is 1. The minimum Gasteiger partial charge on any atom is -0.349 e. The number of hydrogen-bond acceptors (Lipinski definition) is 2. The van der Waals surface area contributed by atoms with Crippen LogP contribution in [0, 0.1) is 5.92 Å². The molecule has 0 saturated heterocycles. The molecule has 0 aliphatic heterocycles. The van der Waals surface area contributed by atoms with E-state index >= 15 is 0 Å². The van der Waals surface area contributed by atoms with E-state index in [1.165, 1.54) is 19.3 Å². The van der Waals surface area contributed by atoms with Crippen molar-refractivity contribution >= 4 is 21.8 Å². The summed E-state index contributed by atoms with van der Waals surface area (Å²) >= 11 is 3.31. The number of aromatic nitrogens is 1. The minimum absolute atomic E-state index is 0.0190. The Kier molecular flexibility index (Phi) is 4.75. The second-order valence-electron chi connectivity index (χ2n) is 5.13. The molecule has 2 rings (SSSR count). The number of carbonyl (C=O) groups is 1. The van der Waals surface area contributed by atoms with Crippen LogP contribution < -0.4 is 5.32 Å². The molecule has 0 bridgehead atoms. The quantitative estimate of drug-likeness (QED) is 0.670. The lowest BCUT2D eigenvalue weighted by Gasteiger charge is -2.16. The van der Waals surface area contributed by atoms with Gasteiger partial charge in [-0.05, 0) is 53.2 Å². The Morgan fingerprint density at radius 2 is 2.22 bits per heavy atom. The summed E-state index contributed by atoms with van der Waals surface area (Å²) in [4.78, 5) is 16.2. The topological polar surface area (TPSA) is 42.0 Å².